The van der Waals surface area contributed by atoms with Gasteiger partial charge in [-0.15, -0.1) is 6.58 Å². The highest BCUT2D eigenvalue weighted by Gasteiger charge is 2.13. The summed E-state index contributed by atoms with van der Waals surface area (Å²) in [4.78, 5) is 0. The predicted molar refractivity (Wildman–Crippen MR) is 104 cm³/mol. The monoisotopic (exact) mass is 381 g/mol. The van der Waals surface area contributed by atoms with E-state index in [0.717, 1.165) is 16.8 Å². The maximum atomic E-state index is 6.41. The van der Waals surface area contributed by atoms with Crippen molar-refractivity contribution >= 4 is 46.7 Å². The van der Waals surface area contributed by atoms with Crippen molar-refractivity contribution in [3.63, 3.8) is 0 Å². The average Bonchev–Trinajstić information content (AvgIpc) is 2.82. The zero-order valence-corrected chi connectivity index (χ0v) is 15.4. The van der Waals surface area contributed by atoms with Crippen LogP contribution in [0, 0.1) is 6.92 Å². The summed E-state index contributed by atoms with van der Waals surface area (Å²) in [6.07, 6.45) is 3.30. The quantitative estimate of drug-likeness (QED) is 0.347. The molecule has 0 radical (unpaired) electrons. The Balaban J connectivity index is 2.10. The van der Waals surface area contributed by atoms with Crippen LogP contribution in [0.4, 0.5) is 0 Å². The zero-order valence-electron chi connectivity index (χ0n) is 13.1. The molecule has 0 aliphatic heterocycles. The molecular formula is C16H17Cl2N5S. The predicted octanol–water partition coefficient (Wildman–Crippen LogP) is 3.53. The molecule has 2 N–H and O–H groups in total. The lowest BCUT2D eigenvalue weighted by Gasteiger charge is -2.05. The molecule has 0 fully saturated rings. The lowest BCUT2D eigenvalue weighted by molar-refractivity contribution is 0.680. The number of hydrogen-bond acceptors (Lipinski definition) is 3. The minimum absolute atomic E-state index is 0.406. The van der Waals surface area contributed by atoms with Gasteiger partial charge in [0.2, 0.25) is 0 Å². The lowest BCUT2D eigenvalue weighted by atomic mass is 10.2. The summed E-state index contributed by atoms with van der Waals surface area (Å²) in [6, 6.07) is 7.59. The van der Waals surface area contributed by atoms with Gasteiger partial charge in [0.1, 0.15) is 5.15 Å². The summed E-state index contributed by atoms with van der Waals surface area (Å²) >= 11 is 17.6. The van der Waals surface area contributed by atoms with Crippen LogP contribution in [-0.4, -0.2) is 27.7 Å². The summed E-state index contributed by atoms with van der Waals surface area (Å²) in [5, 5.41) is 13.0. The van der Waals surface area contributed by atoms with Crippen LogP contribution in [0.25, 0.3) is 0 Å². The molecule has 1 heterocycles. The fourth-order valence-corrected chi connectivity index (χ4v) is 2.58. The highest BCUT2D eigenvalue weighted by Crippen LogP contribution is 2.22. The lowest BCUT2D eigenvalue weighted by Crippen LogP contribution is -2.31. The van der Waals surface area contributed by atoms with Gasteiger partial charge in [0, 0.05) is 11.6 Å². The molecule has 0 saturated heterocycles. The number of aromatic nitrogens is 2. The number of benzene rings is 1. The standard InChI is InChI=1S/C16H17Cl2N5S/c1-3-8-19-16(24)21-20-9-13-11(2)22-23(15(13)18)10-12-6-4-5-7-14(12)17/h3-7,9H,1,8,10H2,2H3,(H2,19,21,24)/b20-9-. The van der Waals surface area contributed by atoms with Gasteiger partial charge in [0.05, 0.1) is 24.0 Å². The SMILES string of the molecule is C=CCNC(=S)N/N=C\c1c(C)nn(Cc2ccccc2Cl)c1Cl. The first-order valence-electron chi connectivity index (χ1n) is 7.17. The number of aryl methyl sites for hydroxylation is 1. The highest BCUT2D eigenvalue weighted by atomic mass is 35.5. The normalized spacial score (nSPS) is 10.8. The largest absolute Gasteiger partial charge is 0.358 e. The number of hydrazone groups is 1. The van der Waals surface area contributed by atoms with Gasteiger partial charge in [-0.1, -0.05) is 47.5 Å². The van der Waals surface area contributed by atoms with Crippen LogP contribution >= 0.6 is 35.4 Å². The second-order valence-corrected chi connectivity index (χ2v) is 6.08. The Morgan fingerprint density at radius 3 is 2.88 bits per heavy atom. The zero-order chi connectivity index (χ0) is 17.5. The Morgan fingerprint density at radius 2 is 2.17 bits per heavy atom. The maximum absolute atomic E-state index is 6.41. The van der Waals surface area contributed by atoms with Crippen molar-refractivity contribution in [1.29, 1.82) is 0 Å². The Hall–Kier alpha value is -1.89. The van der Waals surface area contributed by atoms with E-state index >= 15 is 0 Å². The summed E-state index contributed by atoms with van der Waals surface area (Å²) in [5.74, 6) is 0. The Bertz CT molecular complexity index is 770. The summed E-state index contributed by atoms with van der Waals surface area (Å²) < 4.78 is 1.69. The molecule has 0 aliphatic carbocycles. The van der Waals surface area contributed by atoms with E-state index < -0.39 is 0 Å². The third-order valence-corrected chi connectivity index (χ3v) is 4.16. The van der Waals surface area contributed by atoms with E-state index in [-0.39, 0.29) is 0 Å². The molecule has 0 spiro atoms. The molecule has 0 saturated carbocycles. The van der Waals surface area contributed by atoms with Crippen LogP contribution in [0.1, 0.15) is 16.8 Å². The third kappa shape index (κ3) is 4.80. The summed E-state index contributed by atoms with van der Waals surface area (Å²) in [6.45, 7) is 6.52. The first kappa shape index (κ1) is 18.4. The van der Waals surface area contributed by atoms with Gasteiger partial charge in [-0.25, -0.2) is 4.68 Å². The molecule has 0 amide bonds. The molecule has 5 nitrogen and oxygen atoms in total. The fraction of sp³-hybridized carbons (Fsp3) is 0.188. The molecule has 2 rings (SSSR count). The van der Waals surface area contributed by atoms with Gasteiger partial charge in [-0.2, -0.15) is 10.2 Å². The molecule has 24 heavy (non-hydrogen) atoms. The van der Waals surface area contributed by atoms with Crippen molar-refractivity contribution in [3.05, 3.63) is 63.9 Å². The molecular weight excluding hydrogens is 365 g/mol. The van der Waals surface area contributed by atoms with Gasteiger partial charge in [0.25, 0.3) is 0 Å². The minimum atomic E-state index is 0.406. The van der Waals surface area contributed by atoms with E-state index in [2.05, 4.69) is 27.5 Å². The average molecular weight is 382 g/mol. The van der Waals surface area contributed by atoms with Crippen LogP contribution in [-0.2, 0) is 6.54 Å². The number of nitrogens with one attached hydrogen (secondary N) is 2. The van der Waals surface area contributed by atoms with Crippen molar-refractivity contribution in [3.8, 4) is 0 Å². The van der Waals surface area contributed by atoms with Gasteiger partial charge in [-0.3, -0.25) is 5.43 Å². The Morgan fingerprint density at radius 1 is 1.42 bits per heavy atom. The van der Waals surface area contributed by atoms with E-state index in [1.807, 2.05) is 31.2 Å². The summed E-state index contributed by atoms with van der Waals surface area (Å²) in [7, 11) is 0. The smallest absolute Gasteiger partial charge is 0.187 e. The molecule has 0 aliphatic rings. The van der Waals surface area contributed by atoms with E-state index in [1.54, 1.807) is 17.0 Å². The van der Waals surface area contributed by atoms with E-state index in [9.17, 15) is 0 Å². The number of halogens is 2. The fourth-order valence-electron chi connectivity index (χ4n) is 1.97. The van der Waals surface area contributed by atoms with Crippen molar-refractivity contribution < 1.29 is 0 Å². The summed E-state index contributed by atoms with van der Waals surface area (Å²) in [5.41, 5.74) is 5.15. The molecule has 1 aromatic carbocycles. The van der Waals surface area contributed by atoms with Gasteiger partial charge >= 0.3 is 0 Å². The van der Waals surface area contributed by atoms with Crippen molar-refractivity contribution in [2.24, 2.45) is 5.10 Å². The Labute approximate surface area is 156 Å². The van der Waals surface area contributed by atoms with Crippen molar-refractivity contribution in [2.45, 2.75) is 13.5 Å². The number of rotatable bonds is 6. The topological polar surface area (TPSA) is 54.2 Å². The van der Waals surface area contributed by atoms with Crippen molar-refractivity contribution in [2.75, 3.05) is 6.54 Å². The van der Waals surface area contributed by atoms with Crippen LogP contribution in [0.5, 0.6) is 0 Å². The molecule has 0 bridgehead atoms. The van der Waals surface area contributed by atoms with Crippen LogP contribution in [0.3, 0.4) is 0 Å². The minimum Gasteiger partial charge on any atom is -0.358 e. The van der Waals surface area contributed by atoms with Crippen LogP contribution in [0.15, 0.2) is 42.0 Å². The van der Waals surface area contributed by atoms with E-state index in [4.69, 9.17) is 35.4 Å². The molecule has 0 atom stereocenters. The second-order valence-electron chi connectivity index (χ2n) is 4.91. The molecule has 2 aromatic rings. The molecule has 126 valence electrons. The molecule has 1 aromatic heterocycles. The first-order valence-corrected chi connectivity index (χ1v) is 8.33. The molecule has 8 heteroatoms. The maximum Gasteiger partial charge on any atom is 0.187 e. The van der Waals surface area contributed by atoms with Crippen LogP contribution < -0.4 is 10.7 Å². The number of thiocarbonyl (C=S) groups is 1. The third-order valence-electron chi connectivity index (χ3n) is 3.15. The van der Waals surface area contributed by atoms with Crippen molar-refractivity contribution in [1.82, 2.24) is 20.5 Å². The highest BCUT2D eigenvalue weighted by molar-refractivity contribution is 7.80. The second kappa shape index (κ2) is 8.82. The van der Waals surface area contributed by atoms with Gasteiger partial charge < -0.3 is 5.32 Å². The van der Waals surface area contributed by atoms with E-state index in [0.29, 0.717) is 28.4 Å². The van der Waals surface area contributed by atoms with Crippen LogP contribution in [0.2, 0.25) is 10.2 Å². The number of nitrogens with zero attached hydrogens (tertiary/aromatic N) is 3. The Kier molecular flexibility index (Phi) is 6.78. The van der Waals surface area contributed by atoms with Gasteiger partial charge in [-0.05, 0) is 30.8 Å². The molecule has 0 unspecified atom stereocenters. The van der Waals surface area contributed by atoms with Gasteiger partial charge in [0.15, 0.2) is 5.11 Å². The number of hydrogen-bond donors (Lipinski definition) is 2. The van der Waals surface area contributed by atoms with E-state index in [1.165, 1.54) is 0 Å². The first-order chi connectivity index (χ1) is 11.5.